The zero-order valence-corrected chi connectivity index (χ0v) is 33.3. The van der Waals surface area contributed by atoms with E-state index in [4.69, 9.17) is 14.0 Å². The molecule has 0 unspecified atom stereocenters. The monoisotopic (exact) mass is 817 g/mol. The van der Waals surface area contributed by atoms with Gasteiger partial charge in [0, 0.05) is 43.4 Å². The van der Waals surface area contributed by atoms with Gasteiger partial charge < -0.3 is 18.9 Å². The first-order chi connectivity index (χ1) is 27.5. The molecule has 318 valence electrons. The lowest BCUT2D eigenvalue weighted by Gasteiger charge is -2.28. The second-order valence-electron chi connectivity index (χ2n) is 14.6. The molecular weight excluding hydrogens is 760 g/mol. The molecule has 0 aromatic heterocycles. The summed E-state index contributed by atoms with van der Waals surface area (Å²) in [6, 6.07) is 2.14. The van der Waals surface area contributed by atoms with Gasteiger partial charge in [-0.3, -0.25) is 0 Å². The molecule has 0 amide bonds. The summed E-state index contributed by atoms with van der Waals surface area (Å²) in [6.45, 7) is 4.79. The van der Waals surface area contributed by atoms with Gasteiger partial charge in [-0.15, -0.1) is 0 Å². The highest BCUT2D eigenvalue weighted by Crippen LogP contribution is 2.37. The lowest BCUT2D eigenvalue weighted by molar-refractivity contribution is 0.299. The normalized spacial score (nSPS) is 11.3. The average Bonchev–Trinajstić information content (AvgIpc) is 3.17. The highest BCUT2D eigenvalue weighted by molar-refractivity contribution is 6.39. The van der Waals surface area contributed by atoms with Gasteiger partial charge in [0.15, 0.2) is 52.4 Å². The molecule has 0 aliphatic heterocycles. The zero-order chi connectivity index (χ0) is 41.6. The Morgan fingerprint density at radius 2 is 0.702 bits per heavy atom. The van der Waals surface area contributed by atoms with Crippen LogP contribution in [-0.4, -0.2) is 20.4 Å². The van der Waals surface area contributed by atoms with Gasteiger partial charge >= 0.3 is 7.32 Å². The van der Waals surface area contributed by atoms with Gasteiger partial charge in [0.1, 0.15) is 22.9 Å². The minimum Gasteiger partial charge on any atom is -0.489 e. The summed E-state index contributed by atoms with van der Waals surface area (Å²) in [5.41, 5.74) is -0.498. The third kappa shape index (κ3) is 16.6. The summed E-state index contributed by atoms with van der Waals surface area (Å²) in [4.78, 5) is 1.52. The van der Waals surface area contributed by atoms with E-state index in [1.165, 1.54) is 62.7 Å². The molecule has 3 aromatic carbocycles. The zero-order valence-electron chi connectivity index (χ0n) is 33.3. The predicted octanol–water partition coefficient (Wildman–Crippen LogP) is 14.5. The van der Waals surface area contributed by atoms with Crippen LogP contribution in [-0.2, 0) is 0 Å². The number of rotatable bonds is 30. The molecule has 0 fully saturated rings. The predicted molar refractivity (Wildman–Crippen MR) is 207 cm³/mol. The van der Waals surface area contributed by atoms with Gasteiger partial charge in [-0.05, 0) is 12.8 Å². The van der Waals surface area contributed by atoms with Gasteiger partial charge in [-0.1, -0.05) is 136 Å². The number of anilines is 1. The first kappa shape index (κ1) is 47.7. The third-order valence-corrected chi connectivity index (χ3v) is 9.83. The Hall–Kier alpha value is -3.71. The van der Waals surface area contributed by atoms with Crippen molar-refractivity contribution in [1.82, 2.24) is 0 Å². The smallest absolute Gasteiger partial charge is 0.489 e. The van der Waals surface area contributed by atoms with Crippen LogP contribution >= 0.6 is 0 Å². The van der Waals surface area contributed by atoms with Gasteiger partial charge in [0.05, 0.1) is 0 Å². The molecule has 3 rings (SSSR count). The number of benzene rings is 3. The largest absolute Gasteiger partial charge is 0.864 e. The molecule has 57 heavy (non-hydrogen) atoms. The molecule has 0 saturated heterocycles. The van der Waals surface area contributed by atoms with Crippen molar-refractivity contribution in [2.24, 2.45) is 0 Å². The van der Waals surface area contributed by atoms with Crippen molar-refractivity contribution in [2.45, 2.75) is 149 Å². The number of hydrogen-bond donors (Lipinski definition) is 0. The van der Waals surface area contributed by atoms with Crippen molar-refractivity contribution in [3.63, 3.8) is 0 Å². The maximum atomic E-state index is 15.9. The molecular formula is C43H57BF9NO3. The number of nitrogens with zero attached hydrogens (tertiary/aromatic N) is 1. The molecule has 0 aliphatic rings. The Bertz CT molecular complexity index is 1530. The Morgan fingerprint density at radius 3 is 1.05 bits per heavy atom. The number of unbranched alkanes of at least 4 members (excludes halogenated alkanes) is 19. The van der Waals surface area contributed by atoms with E-state index in [0.717, 1.165) is 64.2 Å². The van der Waals surface area contributed by atoms with E-state index in [0.29, 0.717) is 43.2 Å². The Morgan fingerprint density at radius 1 is 0.386 bits per heavy atom. The van der Waals surface area contributed by atoms with Crippen LogP contribution < -0.4 is 18.9 Å². The van der Waals surface area contributed by atoms with Crippen molar-refractivity contribution >= 4 is 13.0 Å². The van der Waals surface area contributed by atoms with Crippen molar-refractivity contribution in [2.75, 3.05) is 18.0 Å². The lowest BCUT2D eigenvalue weighted by Crippen LogP contribution is -2.38. The van der Waals surface area contributed by atoms with Crippen molar-refractivity contribution in [1.29, 1.82) is 0 Å². The fourth-order valence-corrected chi connectivity index (χ4v) is 6.64. The second kappa shape index (κ2) is 26.3. The standard InChI is InChI=1S/C43H57BF9NO3/c1-3-5-7-9-11-13-15-17-19-21-23-25-54(24-22-20-18-16-14-12-10-8-6-4-2)43-38(30-37(49)41(52)42(43)53)57-44(55-31-26-33(45)39(50)34(46)27-31)56-32-28-35(47)40(51)36(48)29-32/h26-30H,3-25H2,1-2H3. The van der Waals surface area contributed by atoms with E-state index in [2.05, 4.69) is 13.8 Å². The Labute approximate surface area is 332 Å². The van der Waals surface area contributed by atoms with Gasteiger partial charge in [-0.25, -0.2) is 39.5 Å². The van der Waals surface area contributed by atoms with Crippen LogP contribution in [0.2, 0.25) is 0 Å². The number of halogens is 9. The molecule has 0 saturated carbocycles. The van der Waals surface area contributed by atoms with Crippen molar-refractivity contribution in [3.8, 4) is 17.2 Å². The highest BCUT2D eigenvalue weighted by atomic mass is 19.2. The summed E-state index contributed by atoms with van der Waals surface area (Å²) >= 11 is 0. The summed E-state index contributed by atoms with van der Waals surface area (Å²) in [7, 11) is -2.33. The Balaban J connectivity index is 1.85. The molecule has 0 aliphatic carbocycles. The summed E-state index contributed by atoms with van der Waals surface area (Å²) < 4.78 is 146. The van der Waals surface area contributed by atoms with Crippen LogP contribution in [0.15, 0.2) is 30.3 Å². The second-order valence-corrected chi connectivity index (χ2v) is 14.6. The van der Waals surface area contributed by atoms with Crippen LogP contribution in [0.5, 0.6) is 17.2 Å². The SMILES string of the molecule is CCCCCCCCCCCCCN(CCCCCCCCCCCC)c1c(OB(Oc2cc(F)c(F)c(F)c2)Oc2cc(F)c(F)c(F)c2)cc(F)c(F)c1F. The van der Waals surface area contributed by atoms with Crippen LogP contribution in [0, 0.1) is 52.4 Å². The van der Waals surface area contributed by atoms with Gasteiger partial charge in [0.2, 0.25) is 0 Å². The number of hydrogen-bond acceptors (Lipinski definition) is 4. The summed E-state index contributed by atoms with van der Waals surface area (Å²) in [5, 5.41) is 0. The van der Waals surface area contributed by atoms with Gasteiger partial charge in [-0.2, -0.15) is 0 Å². The van der Waals surface area contributed by atoms with Crippen LogP contribution in [0.4, 0.5) is 45.2 Å². The molecule has 0 heterocycles. The first-order valence-corrected chi connectivity index (χ1v) is 20.7. The van der Waals surface area contributed by atoms with E-state index >= 15 is 4.39 Å². The van der Waals surface area contributed by atoms with E-state index < -0.39 is 82.6 Å². The summed E-state index contributed by atoms with van der Waals surface area (Å²) in [5.74, 6) is -17.6. The molecule has 14 heteroatoms. The molecule has 0 N–H and O–H groups in total. The maximum absolute atomic E-state index is 15.9. The van der Waals surface area contributed by atoms with Crippen LogP contribution in [0.3, 0.4) is 0 Å². The van der Waals surface area contributed by atoms with E-state index in [1.807, 2.05) is 0 Å². The van der Waals surface area contributed by atoms with Crippen LogP contribution in [0.25, 0.3) is 0 Å². The fraction of sp³-hybridized carbons (Fsp3) is 0.581. The quantitative estimate of drug-likeness (QED) is 0.0290. The maximum Gasteiger partial charge on any atom is 0.864 e. The summed E-state index contributed by atoms with van der Waals surface area (Å²) in [6.07, 6.45) is 21.9. The molecule has 4 nitrogen and oxygen atoms in total. The minimum absolute atomic E-state index is 0.224. The van der Waals surface area contributed by atoms with E-state index in [1.54, 1.807) is 0 Å². The molecule has 0 bridgehead atoms. The molecule has 0 atom stereocenters. The average molecular weight is 818 g/mol. The van der Waals surface area contributed by atoms with E-state index in [9.17, 15) is 35.1 Å². The molecule has 0 spiro atoms. The van der Waals surface area contributed by atoms with Crippen LogP contribution in [0.1, 0.15) is 149 Å². The van der Waals surface area contributed by atoms with E-state index in [-0.39, 0.29) is 13.1 Å². The van der Waals surface area contributed by atoms with Crippen molar-refractivity contribution in [3.05, 3.63) is 82.7 Å². The molecule has 3 aromatic rings. The minimum atomic E-state index is -2.33. The first-order valence-electron chi connectivity index (χ1n) is 20.7. The lowest BCUT2D eigenvalue weighted by atomic mass is 10.1. The topological polar surface area (TPSA) is 30.9 Å². The fourth-order valence-electron chi connectivity index (χ4n) is 6.64. The third-order valence-electron chi connectivity index (χ3n) is 9.83. The Kier molecular flexibility index (Phi) is 22.0. The van der Waals surface area contributed by atoms with Gasteiger partial charge in [0.25, 0.3) is 0 Å². The van der Waals surface area contributed by atoms with Crippen molar-refractivity contribution < 1.29 is 53.5 Å². The molecule has 0 radical (unpaired) electrons. The highest BCUT2D eigenvalue weighted by Gasteiger charge is 2.35.